The molecule has 2 aliphatic rings. The van der Waals surface area contributed by atoms with E-state index in [1.54, 1.807) is 0 Å². The van der Waals surface area contributed by atoms with E-state index < -0.39 is 0 Å². The summed E-state index contributed by atoms with van der Waals surface area (Å²) in [7, 11) is 0. The Morgan fingerprint density at radius 3 is 2.79 bits per heavy atom. The largest absolute Gasteiger partial charge is 0.379 e. The molecule has 0 spiro atoms. The van der Waals surface area contributed by atoms with Gasteiger partial charge in [-0.1, -0.05) is 0 Å². The average Bonchev–Trinajstić information content (AvgIpc) is 2.96. The van der Waals surface area contributed by atoms with Crippen molar-refractivity contribution in [2.24, 2.45) is 0 Å². The minimum Gasteiger partial charge on any atom is -0.379 e. The van der Waals surface area contributed by atoms with Gasteiger partial charge < -0.3 is 20.1 Å². The lowest BCUT2D eigenvalue weighted by Crippen LogP contribution is -2.41. The molecule has 0 saturated carbocycles. The van der Waals surface area contributed by atoms with Gasteiger partial charge in [-0.05, 0) is 25.8 Å². The number of carbonyl (C=O) groups excluding carboxylic acids is 1. The van der Waals surface area contributed by atoms with E-state index in [2.05, 4.69) is 15.5 Å². The van der Waals surface area contributed by atoms with Crippen molar-refractivity contribution >= 4 is 6.03 Å². The van der Waals surface area contributed by atoms with Crippen LogP contribution in [0.1, 0.15) is 19.3 Å². The Morgan fingerprint density at radius 1 is 1.21 bits per heavy atom. The van der Waals surface area contributed by atoms with Crippen LogP contribution in [0.5, 0.6) is 0 Å². The fourth-order valence-corrected chi connectivity index (χ4v) is 2.40. The Labute approximate surface area is 114 Å². The minimum absolute atomic E-state index is 0.0857. The fraction of sp³-hybridized carbons (Fsp3) is 0.923. The number of hydrogen-bond donors (Lipinski definition) is 2. The lowest BCUT2D eigenvalue weighted by molar-refractivity contribution is 0.0375. The molecule has 0 aromatic heterocycles. The van der Waals surface area contributed by atoms with Gasteiger partial charge in [-0.25, -0.2) is 4.79 Å². The molecule has 110 valence electrons. The van der Waals surface area contributed by atoms with Gasteiger partial charge in [-0.2, -0.15) is 0 Å². The van der Waals surface area contributed by atoms with Crippen molar-refractivity contribution in [3.8, 4) is 0 Å². The Hall–Kier alpha value is -0.850. The highest BCUT2D eigenvalue weighted by Crippen LogP contribution is 2.10. The molecule has 1 unspecified atom stereocenters. The number of ether oxygens (including phenoxy) is 2. The molecular formula is C13H25N3O3. The lowest BCUT2D eigenvalue weighted by Gasteiger charge is -2.26. The maximum Gasteiger partial charge on any atom is 0.314 e. The van der Waals surface area contributed by atoms with Crippen molar-refractivity contribution in [2.75, 3.05) is 52.5 Å². The summed E-state index contributed by atoms with van der Waals surface area (Å²) >= 11 is 0. The van der Waals surface area contributed by atoms with Crippen LogP contribution < -0.4 is 10.6 Å². The second-order valence-corrected chi connectivity index (χ2v) is 5.08. The molecule has 2 heterocycles. The van der Waals surface area contributed by atoms with Crippen LogP contribution >= 0.6 is 0 Å². The van der Waals surface area contributed by atoms with Gasteiger partial charge >= 0.3 is 6.03 Å². The summed E-state index contributed by atoms with van der Waals surface area (Å²) in [5, 5.41) is 5.74. The summed E-state index contributed by atoms with van der Waals surface area (Å²) < 4.78 is 10.7. The van der Waals surface area contributed by atoms with Gasteiger partial charge in [-0.15, -0.1) is 0 Å². The highest BCUT2D eigenvalue weighted by atomic mass is 16.5. The van der Waals surface area contributed by atoms with Gasteiger partial charge in [0.25, 0.3) is 0 Å². The van der Waals surface area contributed by atoms with E-state index in [0.717, 1.165) is 58.7 Å². The van der Waals surface area contributed by atoms with E-state index in [9.17, 15) is 4.79 Å². The first-order valence-corrected chi connectivity index (χ1v) is 7.28. The predicted octanol–water partition coefficient (Wildman–Crippen LogP) is 0.187. The van der Waals surface area contributed by atoms with Gasteiger partial charge in [-0.3, -0.25) is 4.90 Å². The van der Waals surface area contributed by atoms with Crippen LogP contribution in [-0.4, -0.2) is 69.6 Å². The molecule has 0 aromatic rings. The highest BCUT2D eigenvalue weighted by Gasteiger charge is 2.15. The first kappa shape index (κ1) is 14.6. The second kappa shape index (κ2) is 8.35. The molecule has 0 aliphatic carbocycles. The zero-order valence-electron chi connectivity index (χ0n) is 11.5. The number of nitrogens with zero attached hydrogens (tertiary/aromatic N) is 1. The number of nitrogens with one attached hydrogen (secondary N) is 2. The number of hydrogen-bond acceptors (Lipinski definition) is 4. The maximum absolute atomic E-state index is 11.5. The molecular weight excluding hydrogens is 246 g/mol. The Bertz CT molecular complexity index is 264. The summed E-state index contributed by atoms with van der Waals surface area (Å²) in [5.74, 6) is 0. The molecule has 2 saturated heterocycles. The molecule has 2 fully saturated rings. The smallest absolute Gasteiger partial charge is 0.314 e. The molecule has 0 aromatic carbocycles. The Kier molecular flexibility index (Phi) is 6.39. The van der Waals surface area contributed by atoms with Gasteiger partial charge in [0.1, 0.15) is 0 Å². The van der Waals surface area contributed by atoms with Crippen molar-refractivity contribution < 1.29 is 14.3 Å². The summed E-state index contributed by atoms with van der Waals surface area (Å²) in [4.78, 5) is 13.9. The molecule has 19 heavy (non-hydrogen) atoms. The summed E-state index contributed by atoms with van der Waals surface area (Å²) in [6, 6.07) is -0.0857. The highest BCUT2D eigenvalue weighted by molar-refractivity contribution is 5.73. The molecule has 2 aliphatic heterocycles. The van der Waals surface area contributed by atoms with Crippen LogP contribution in [0.4, 0.5) is 4.79 Å². The Morgan fingerprint density at radius 2 is 2.05 bits per heavy atom. The summed E-state index contributed by atoms with van der Waals surface area (Å²) in [5.41, 5.74) is 0. The van der Waals surface area contributed by atoms with E-state index in [-0.39, 0.29) is 12.1 Å². The first-order valence-electron chi connectivity index (χ1n) is 7.28. The lowest BCUT2D eigenvalue weighted by atomic mass is 10.2. The monoisotopic (exact) mass is 271 g/mol. The number of carbonyl (C=O) groups is 1. The van der Waals surface area contributed by atoms with Gasteiger partial charge in [0.05, 0.1) is 19.3 Å². The van der Waals surface area contributed by atoms with Crippen LogP contribution in [0.2, 0.25) is 0 Å². The minimum atomic E-state index is -0.0857. The molecule has 0 bridgehead atoms. The summed E-state index contributed by atoms with van der Waals surface area (Å²) in [6.07, 6.45) is 3.34. The van der Waals surface area contributed by atoms with Crippen molar-refractivity contribution in [3.05, 3.63) is 0 Å². The van der Waals surface area contributed by atoms with E-state index in [0.29, 0.717) is 13.1 Å². The number of morpholine rings is 1. The van der Waals surface area contributed by atoms with Crippen LogP contribution in [0, 0.1) is 0 Å². The van der Waals surface area contributed by atoms with Crippen LogP contribution in [0.3, 0.4) is 0 Å². The van der Waals surface area contributed by atoms with Crippen molar-refractivity contribution in [2.45, 2.75) is 25.4 Å². The van der Waals surface area contributed by atoms with Gasteiger partial charge in [0, 0.05) is 32.8 Å². The maximum atomic E-state index is 11.5. The molecule has 2 rings (SSSR count). The van der Waals surface area contributed by atoms with Crippen molar-refractivity contribution in [1.29, 1.82) is 0 Å². The SMILES string of the molecule is O=C(NCCCN1CCOCC1)NCC1CCCO1. The third-order valence-corrected chi connectivity index (χ3v) is 3.55. The fourth-order valence-electron chi connectivity index (χ4n) is 2.40. The predicted molar refractivity (Wildman–Crippen MR) is 72.3 cm³/mol. The normalized spacial score (nSPS) is 24.3. The van der Waals surface area contributed by atoms with Crippen LogP contribution in [0.15, 0.2) is 0 Å². The number of amides is 2. The number of urea groups is 1. The third kappa shape index (κ3) is 5.76. The third-order valence-electron chi connectivity index (χ3n) is 3.55. The Balaban J connectivity index is 1.44. The molecule has 6 heteroatoms. The molecule has 6 nitrogen and oxygen atoms in total. The van der Waals surface area contributed by atoms with Crippen LogP contribution in [0.25, 0.3) is 0 Å². The van der Waals surface area contributed by atoms with E-state index >= 15 is 0 Å². The van der Waals surface area contributed by atoms with E-state index in [1.807, 2.05) is 0 Å². The molecule has 2 amide bonds. The molecule has 1 atom stereocenters. The molecule has 0 radical (unpaired) electrons. The molecule has 2 N–H and O–H groups in total. The van der Waals surface area contributed by atoms with E-state index in [1.165, 1.54) is 0 Å². The topological polar surface area (TPSA) is 62.8 Å². The summed E-state index contributed by atoms with van der Waals surface area (Å²) in [6.45, 7) is 6.86. The standard InChI is InChI=1S/C13H25N3O3/c17-13(15-11-12-3-1-8-19-12)14-4-2-5-16-6-9-18-10-7-16/h12H,1-11H2,(H2,14,15,17). The average molecular weight is 271 g/mol. The van der Waals surface area contributed by atoms with Gasteiger partial charge in [0.2, 0.25) is 0 Å². The van der Waals surface area contributed by atoms with Crippen molar-refractivity contribution in [1.82, 2.24) is 15.5 Å². The first-order chi connectivity index (χ1) is 9.34. The quantitative estimate of drug-likeness (QED) is 0.677. The van der Waals surface area contributed by atoms with Crippen LogP contribution in [-0.2, 0) is 9.47 Å². The van der Waals surface area contributed by atoms with Gasteiger partial charge in [0.15, 0.2) is 0 Å². The van der Waals surface area contributed by atoms with E-state index in [4.69, 9.17) is 9.47 Å². The zero-order valence-corrected chi connectivity index (χ0v) is 11.5. The zero-order chi connectivity index (χ0) is 13.3. The number of rotatable bonds is 6. The second-order valence-electron chi connectivity index (χ2n) is 5.08. The van der Waals surface area contributed by atoms with Crippen molar-refractivity contribution in [3.63, 3.8) is 0 Å².